The molecular formula is C12H11N3O2. The maximum Gasteiger partial charge on any atom is 0.248 e. The van der Waals surface area contributed by atoms with E-state index < -0.39 is 5.91 Å². The molecule has 5 nitrogen and oxygen atoms in total. The quantitative estimate of drug-likeness (QED) is 0.800. The molecule has 0 radical (unpaired) electrons. The highest BCUT2D eigenvalue weighted by Crippen LogP contribution is 2.11. The highest BCUT2D eigenvalue weighted by Gasteiger charge is 2.06. The van der Waals surface area contributed by atoms with E-state index in [4.69, 9.17) is 5.73 Å². The zero-order valence-corrected chi connectivity index (χ0v) is 9.25. The molecule has 0 atom stereocenters. The molecule has 1 heterocycles. The van der Waals surface area contributed by atoms with Crippen LogP contribution >= 0.6 is 0 Å². The van der Waals surface area contributed by atoms with Crippen LogP contribution in [0.15, 0.2) is 30.5 Å². The fourth-order valence-corrected chi connectivity index (χ4v) is 1.50. The third-order valence-corrected chi connectivity index (χ3v) is 2.48. The van der Waals surface area contributed by atoms with E-state index in [9.17, 15) is 9.59 Å². The summed E-state index contributed by atoms with van der Waals surface area (Å²) >= 11 is 0. The second-order valence-electron chi connectivity index (χ2n) is 3.64. The Morgan fingerprint density at radius 2 is 2.00 bits per heavy atom. The van der Waals surface area contributed by atoms with Gasteiger partial charge in [-0.15, -0.1) is 0 Å². The second kappa shape index (κ2) is 4.21. The Morgan fingerprint density at radius 1 is 1.35 bits per heavy atom. The average Bonchev–Trinajstić information content (AvgIpc) is 2.70. The van der Waals surface area contributed by atoms with Crippen molar-refractivity contribution in [3.05, 3.63) is 47.3 Å². The van der Waals surface area contributed by atoms with Gasteiger partial charge in [-0.25, -0.2) is 4.68 Å². The number of hydrogen-bond acceptors (Lipinski definition) is 3. The van der Waals surface area contributed by atoms with E-state index in [1.54, 1.807) is 42.1 Å². The summed E-state index contributed by atoms with van der Waals surface area (Å²) in [4.78, 5) is 21.6. The summed E-state index contributed by atoms with van der Waals surface area (Å²) in [6, 6.07) is 6.69. The lowest BCUT2D eigenvalue weighted by atomic mass is 10.2. The van der Waals surface area contributed by atoms with Gasteiger partial charge in [-0.1, -0.05) is 0 Å². The van der Waals surface area contributed by atoms with Crippen LogP contribution in [-0.4, -0.2) is 22.0 Å². The Bertz CT molecular complexity index is 570. The average molecular weight is 229 g/mol. The molecule has 0 bridgehead atoms. The van der Waals surface area contributed by atoms with Crippen molar-refractivity contribution in [3.63, 3.8) is 0 Å². The van der Waals surface area contributed by atoms with Gasteiger partial charge in [-0.3, -0.25) is 9.59 Å². The third-order valence-electron chi connectivity index (χ3n) is 2.48. The fraction of sp³-hybridized carbons (Fsp3) is 0.0833. The van der Waals surface area contributed by atoms with Gasteiger partial charge in [0, 0.05) is 11.8 Å². The fourth-order valence-electron chi connectivity index (χ4n) is 1.50. The number of carbonyl (C=O) groups excluding carboxylic acids is 2. The Labute approximate surface area is 97.9 Å². The summed E-state index contributed by atoms with van der Waals surface area (Å²) in [6.07, 6.45) is 2.40. The van der Waals surface area contributed by atoms with Crippen LogP contribution in [0.2, 0.25) is 0 Å². The van der Waals surface area contributed by atoms with Gasteiger partial charge in [0.25, 0.3) is 0 Å². The van der Waals surface area contributed by atoms with Crippen LogP contribution in [-0.2, 0) is 0 Å². The van der Waals surface area contributed by atoms with Gasteiger partial charge >= 0.3 is 0 Å². The molecule has 0 aliphatic heterocycles. The van der Waals surface area contributed by atoms with Crippen LogP contribution in [0.1, 0.15) is 26.4 Å². The lowest BCUT2D eigenvalue weighted by Gasteiger charge is -2.01. The Morgan fingerprint density at radius 3 is 2.47 bits per heavy atom. The third kappa shape index (κ3) is 2.08. The predicted molar refractivity (Wildman–Crippen MR) is 62.2 cm³/mol. The molecule has 0 unspecified atom stereocenters. The zero-order chi connectivity index (χ0) is 12.4. The minimum Gasteiger partial charge on any atom is -0.366 e. The van der Waals surface area contributed by atoms with Crippen molar-refractivity contribution >= 4 is 12.2 Å². The number of aldehydes is 1. The number of nitrogens with two attached hydrogens (primary N) is 1. The topological polar surface area (TPSA) is 78.0 Å². The molecule has 0 aliphatic carbocycles. The lowest BCUT2D eigenvalue weighted by Crippen LogP contribution is -2.10. The number of carbonyl (C=O) groups is 2. The summed E-state index contributed by atoms with van der Waals surface area (Å²) in [5.74, 6) is -0.471. The summed E-state index contributed by atoms with van der Waals surface area (Å²) in [7, 11) is 0. The second-order valence-corrected chi connectivity index (χ2v) is 3.64. The standard InChI is InChI=1S/C12H11N3O2/c1-8-10(7-16)6-15(14-8)11-4-2-9(3-5-11)12(13)17/h2-7H,1H3,(H2,13,17). The van der Waals surface area contributed by atoms with E-state index in [0.29, 0.717) is 16.8 Å². The van der Waals surface area contributed by atoms with Crippen molar-refractivity contribution in [2.24, 2.45) is 5.73 Å². The van der Waals surface area contributed by atoms with Crippen LogP contribution in [0.25, 0.3) is 5.69 Å². The van der Waals surface area contributed by atoms with Crippen molar-refractivity contribution in [2.45, 2.75) is 6.92 Å². The maximum absolute atomic E-state index is 10.9. The van der Waals surface area contributed by atoms with Crippen molar-refractivity contribution in [3.8, 4) is 5.69 Å². The minimum atomic E-state index is -0.471. The monoisotopic (exact) mass is 229 g/mol. The number of nitrogens with zero attached hydrogens (tertiary/aromatic N) is 2. The first-order valence-electron chi connectivity index (χ1n) is 5.03. The van der Waals surface area contributed by atoms with Crippen LogP contribution in [0.5, 0.6) is 0 Å². The van der Waals surface area contributed by atoms with Gasteiger partial charge in [0.05, 0.1) is 16.9 Å². The molecule has 17 heavy (non-hydrogen) atoms. The number of aryl methyl sites for hydroxylation is 1. The summed E-state index contributed by atoms with van der Waals surface area (Å²) in [6.45, 7) is 1.76. The van der Waals surface area contributed by atoms with E-state index in [0.717, 1.165) is 12.0 Å². The highest BCUT2D eigenvalue weighted by atomic mass is 16.1. The van der Waals surface area contributed by atoms with E-state index in [2.05, 4.69) is 5.10 Å². The van der Waals surface area contributed by atoms with Crippen LogP contribution < -0.4 is 5.73 Å². The molecule has 1 amide bonds. The Hall–Kier alpha value is -2.43. The molecule has 0 saturated carbocycles. The van der Waals surface area contributed by atoms with Crippen molar-refractivity contribution in [1.82, 2.24) is 9.78 Å². The first-order chi connectivity index (χ1) is 8.11. The molecular weight excluding hydrogens is 218 g/mol. The highest BCUT2D eigenvalue weighted by molar-refractivity contribution is 5.92. The van der Waals surface area contributed by atoms with Gasteiger partial charge in [-0.05, 0) is 31.2 Å². The molecule has 86 valence electrons. The smallest absolute Gasteiger partial charge is 0.248 e. The van der Waals surface area contributed by atoms with E-state index in [1.807, 2.05) is 0 Å². The predicted octanol–water partition coefficient (Wildman–Crippen LogP) is 1.09. The molecule has 0 saturated heterocycles. The molecule has 0 aliphatic rings. The minimum absolute atomic E-state index is 0.438. The summed E-state index contributed by atoms with van der Waals surface area (Å²) in [5.41, 5.74) is 7.56. The molecule has 2 aromatic rings. The molecule has 0 fully saturated rings. The molecule has 2 N–H and O–H groups in total. The van der Waals surface area contributed by atoms with Crippen LogP contribution in [0, 0.1) is 6.92 Å². The molecule has 2 rings (SSSR count). The number of rotatable bonds is 3. The largest absolute Gasteiger partial charge is 0.366 e. The summed E-state index contributed by atoms with van der Waals surface area (Å²) in [5, 5.41) is 4.20. The SMILES string of the molecule is Cc1nn(-c2ccc(C(N)=O)cc2)cc1C=O. The maximum atomic E-state index is 10.9. The van der Waals surface area contributed by atoms with Gasteiger partial charge in [0.2, 0.25) is 5.91 Å². The van der Waals surface area contributed by atoms with Gasteiger partial charge in [0.1, 0.15) is 0 Å². The van der Waals surface area contributed by atoms with Crippen LogP contribution in [0.3, 0.4) is 0 Å². The number of aromatic nitrogens is 2. The lowest BCUT2D eigenvalue weighted by molar-refractivity contribution is 0.1000. The zero-order valence-electron chi connectivity index (χ0n) is 9.25. The van der Waals surface area contributed by atoms with Gasteiger partial charge in [0.15, 0.2) is 6.29 Å². The van der Waals surface area contributed by atoms with E-state index in [1.165, 1.54) is 0 Å². The van der Waals surface area contributed by atoms with Crippen LogP contribution in [0.4, 0.5) is 0 Å². The van der Waals surface area contributed by atoms with Crippen molar-refractivity contribution in [2.75, 3.05) is 0 Å². The van der Waals surface area contributed by atoms with E-state index in [-0.39, 0.29) is 0 Å². The summed E-state index contributed by atoms with van der Waals surface area (Å²) < 4.78 is 1.59. The molecule has 1 aromatic carbocycles. The molecule has 0 spiro atoms. The van der Waals surface area contributed by atoms with E-state index >= 15 is 0 Å². The molecule has 5 heteroatoms. The number of benzene rings is 1. The first kappa shape index (κ1) is 11.1. The molecule has 1 aromatic heterocycles. The van der Waals surface area contributed by atoms with Gasteiger partial charge in [-0.2, -0.15) is 5.10 Å². The van der Waals surface area contributed by atoms with Crippen molar-refractivity contribution in [1.29, 1.82) is 0 Å². The number of primary amides is 1. The number of hydrogen-bond donors (Lipinski definition) is 1. The van der Waals surface area contributed by atoms with Gasteiger partial charge < -0.3 is 5.73 Å². The number of amides is 1. The Kier molecular flexibility index (Phi) is 2.74. The normalized spacial score (nSPS) is 10.2. The Balaban J connectivity index is 2.39. The van der Waals surface area contributed by atoms with Crippen molar-refractivity contribution < 1.29 is 9.59 Å². The first-order valence-corrected chi connectivity index (χ1v) is 5.03.